The SMILES string of the molecule is Cc1ccccc1OCC(=O)N[C@@H](C)c1ccc(N2CCC[C@H](C)C2)cc1. The fraction of sp³-hybridized carbons (Fsp3) is 0.435. The van der Waals surface area contributed by atoms with Gasteiger partial charge in [0.25, 0.3) is 5.91 Å². The van der Waals surface area contributed by atoms with Gasteiger partial charge in [-0.3, -0.25) is 4.79 Å². The van der Waals surface area contributed by atoms with Gasteiger partial charge >= 0.3 is 0 Å². The fourth-order valence-corrected chi connectivity index (χ4v) is 3.63. The van der Waals surface area contributed by atoms with Gasteiger partial charge in [0, 0.05) is 18.8 Å². The average Bonchev–Trinajstić information content (AvgIpc) is 2.67. The smallest absolute Gasteiger partial charge is 0.258 e. The quantitative estimate of drug-likeness (QED) is 0.819. The van der Waals surface area contributed by atoms with Gasteiger partial charge in [0.1, 0.15) is 5.75 Å². The molecule has 0 radical (unpaired) electrons. The summed E-state index contributed by atoms with van der Waals surface area (Å²) in [5.41, 5.74) is 3.40. The van der Waals surface area contributed by atoms with E-state index in [1.54, 1.807) is 0 Å². The number of hydrogen-bond acceptors (Lipinski definition) is 3. The van der Waals surface area contributed by atoms with Gasteiger partial charge in [-0.1, -0.05) is 37.3 Å². The molecule has 4 heteroatoms. The Kier molecular flexibility index (Phi) is 6.38. The number of piperidine rings is 1. The van der Waals surface area contributed by atoms with E-state index in [9.17, 15) is 4.79 Å². The number of nitrogens with zero attached hydrogens (tertiary/aromatic N) is 1. The molecule has 1 aliphatic rings. The van der Waals surface area contributed by atoms with E-state index in [2.05, 4.69) is 41.4 Å². The number of carbonyl (C=O) groups excluding carboxylic acids is 1. The minimum atomic E-state index is -0.111. The number of amides is 1. The van der Waals surface area contributed by atoms with E-state index in [0.717, 1.165) is 35.9 Å². The second-order valence-corrected chi connectivity index (χ2v) is 7.63. The van der Waals surface area contributed by atoms with Crippen molar-refractivity contribution in [1.29, 1.82) is 0 Å². The zero-order valence-corrected chi connectivity index (χ0v) is 16.6. The molecule has 4 nitrogen and oxygen atoms in total. The van der Waals surface area contributed by atoms with Gasteiger partial charge in [-0.25, -0.2) is 0 Å². The van der Waals surface area contributed by atoms with Crippen molar-refractivity contribution in [2.45, 2.75) is 39.7 Å². The molecule has 0 aliphatic carbocycles. The molecule has 3 rings (SSSR count). The number of para-hydroxylation sites is 1. The summed E-state index contributed by atoms with van der Waals surface area (Å²) in [6.07, 6.45) is 2.58. The van der Waals surface area contributed by atoms with Gasteiger partial charge in [0.15, 0.2) is 6.61 Å². The van der Waals surface area contributed by atoms with Crippen molar-refractivity contribution in [2.75, 3.05) is 24.6 Å². The number of benzene rings is 2. The normalized spacial score (nSPS) is 18.0. The predicted octanol–water partition coefficient (Wildman–Crippen LogP) is 4.49. The predicted molar refractivity (Wildman–Crippen MR) is 110 cm³/mol. The first-order valence-electron chi connectivity index (χ1n) is 9.85. The first-order chi connectivity index (χ1) is 13.0. The van der Waals surface area contributed by atoms with E-state index in [4.69, 9.17) is 4.74 Å². The van der Waals surface area contributed by atoms with Crippen molar-refractivity contribution in [1.82, 2.24) is 5.32 Å². The summed E-state index contributed by atoms with van der Waals surface area (Å²) in [5.74, 6) is 1.39. The first kappa shape index (κ1) is 19.3. The standard InChI is InChI=1S/C23H30N2O2/c1-17-7-6-14-25(15-17)21-12-10-20(11-13-21)19(3)24-23(26)16-27-22-9-5-4-8-18(22)2/h4-5,8-13,17,19H,6-7,14-16H2,1-3H3,(H,24,26)/t17-,19-/m0/s1. The lowest BCUT2D eigenvalue weighted by Crippen LogP contribution is -2.34. The van der Waals surface area contributed by atoms with E-state index >= 15 is 0 Å². The Balaban J connectivity index is 1.52. The largest absolute Gasteiger partial charge is 0.484 e. The molecule has 1 amide bonds. The van der Waals surface area contributed by atoms with Crippen molar-refractivity contribution >= 4 is 11.6 Å². The molecule has 1 aliphatic heterocycles. The van der Waals surface area contributed by atoms with Crippen LogP contribution in [0, 0.1) is 12.8 Å². The summed E-state index contributed by atoms with van der Waals surface area (Å²) in [5, 5.41) is 3.01. The lowest BCUT2D eigenvalue weighted by Gasteiger charge is -2.33. The lowest BCUT2D eigenvalue weighted by molar-refractivity contribution is -0.123. The zero-order valence-electron chi connectivity index (χ0n) is 16.6. The van der Waals surface area contributed by atoms with Crippen LogP contribution in [0.5, 0.6) is 5.75 Å². The van der Waals surface area contributed by atoms with Crippen LogP contribution >= 0.6 is 0 Å². The van der Waals surface area contributed by atoms with E-state index in [0.29, 0.717) is 0 Å². The number of rotatable bonds is 6. The number of ether oxygens (including phenoxy) is 1. The number of aryl methyl sites for hydroxylation is 1. The third-order valence-corrected chi connectivity index (χ3v) is 5.25. The molecule has 144 valence electrons. The second kappa shape index (κ2) is 8.94. The van der Waals surface area contributed by atoms with Crippen LogP contribution in [0.4, 0.5) is 5.69 Å². The van der Waals surface area contributed by atoms with Crippen LogP contribution in [0.1, 0.15) is 43.9 Å². The molecule has 0 aromatic heterocycles. The molecular weight excluding hydrogens is 336 g/mol. The second-order valence-electron chi connectivity index (χ2n) is 7.63. The minimum Gasteiger partial charge on any atom is -0.484 e. The highest BCUT2D eigenvalue weighted by Gasteiger charge is 2.17. The van der Waals surface area contributed by atoms with Crippen molar-refractivity contribution < 1.29 is 9.53 Å². The van der Waals surface area contributed by atoms with Gasteiger partial charge < -0.3 is 15.0 Å². The molecule has 27 heavy (non-hydrogen) atoms. The molecule has 1 fully saturated rings. The van der Waals surface area contributed by atoms with Gasteiger partial charge in [-0.15, -0.1) is 0 Å². The fourth-order valence-electron chi connectivity index (χ4n) is 3.63. The summed E-state index contributed by atoms with van der Waals surface area (Å²) >= 11 is 0. The Morgan fingerprint density at radius 2 is 1.96 bits per heavy atom. The van der Waals surface area contributed by atoms with Gasteiger partial charge in [0.2, 0.25) is 0 Å². The summed E-state index contributed by atoms with van der Waals surface area (Å²) < 4.78 is 5.63. The summed E-state index contributed by atoms with van der Waals surface area (Å²) in [7, 11) is 0. The molecule has 1 N–H and O–H groups in total. The van der Waals surface area contributed by atoms with Crippen molar-refractivity contribution in [2.24, 2.45) is 5.92 Å². The van der Waals surface area contributed by atoms with E-state index in [1.165, 1.54) is 18.5 Å². The first-order valence-corrected chi connectivity index (χ1v) is 9.85. The summed E-state index contributed by atoms with van der Waals surface area (Å²) in [4.78, 5) is 14.7. The van der Waals surface area contributed by atoms with Crippen LogP contribution in [-0.4, -0.2) is 25.6 Å². The van der Waals surface area contributed by atoms with Gasteiger partial charge in [0.05, 0.1) is 6.04 Å². The summed E-state index contributed by atoms with van der Waals surface area (Å²) in [6, 6.07) is 16.2. The van der Waals surface area contributed by atoms with E-state index in [-0.39, 0.29) is 18.6 Å². The van der Waals surface area contributed by atoms with E-state index < -0.39 is 0 Å². The van der Waals surface area contributed by atoms with Gasteiger partial charge in [-0.2, -0.15) is 0 Å². The lowest BCUT2D eigenvalue weighted by atomic mass is 9.99. The maximum atomic E-state index is 12.2. The van der Waals surface area contributed by atoms with Crippen LogP contribution in [0.3, 0.4) is 0 Å². The van der Waals surface area contributed by atoms with Crippen molar-refractivity contribution in [3.63, 3.8) is 0 Å². The highest BCUT2D eigenvalue weighted by atomic mass is 16.5. The van der Waals surface area contributed by atoms with Crippen LogP contribution in [0.15, 0.2) is 48.5 Å². The third-order valence-electron chi connectivity index (χ3n) is 5.25. The molecule has 2 aromatic carbocycles. The molecule has 0 bridgehead atoms. The Morgan fingerprint density at radius 3 is 2.67 bits per heavy atom. The highest BCUT2D eigenvalue weighted by Crippen LogP contribution is 2.24. The van der Waals surface area contributed by atoms with Crippen LogP contribution in [0.2, 0.25) is 0 Å². The number of nitrogens with one attached hydrogen (secondary N) is 1. The van der Waals surface area contributed by atoms with Crippen LogP contribution in [-0.2, 0) is 4.79 Å². The highest BCUT2D eigenvalue weighted by molar-refractivity contribution is 5.78. The Bertz CT molecular complexity index is 757. The van der Waals surface area contributed by atoms with Gasteiger partial charge in [-0.05, 0) is 61.9 Å². The summed E-state index contributed by atoms with van der Waals surface area (Å²) in [6.45, 7) is 8.58. The molecule has 1 saturated heterocycles. The number of hydrogen-bond donors (Lipinski definition) is 1. The Morgan fingerprint density at radius 1 is 1.22 bits per heavy atom. The number of carbonyl (C=O) groups is 1. The molecule has 1 heterocycles. The molecule has 2 aromatic rings. The molecule has 2 atom stereocenters. The van der Waals surface area contributed by atoms with Crippen LogP contribution < -0.4 is 15.0 Å². The monoisotopic (exact) mass is 366 g/mol. The maximum absolute atomic E-state index is 12.2. The Hall–Kier alpha value is -2.49. The van der Waals surface area contributed by atoms with Crippen molar-refractivity contribution in [3.05, 3.63) is 59.7 Å². The molecular formula is C23H30N2O2. The minimum absolute atomic E-state index is 0.0267. The average molecular weight is 367 g/mol. The molecule has 0 saturated carbocycles. The number of anilines is 1. The third kappa shape index (κ3) is 5.25. The Labute approximate surface area is 162 Å². The topological polar surface area (TPSA) is 41.6 Å². The van der Waals surface area contributed by atoms with E-state index in [1.807, 2.05) is 38.1 Å². The molecule has 0 spiro atoms. The zero-order chi connectivity index (χ0) is 19.2. The van der Waals surface area contributed by atoms with Crippen LogP contribution in [0.25, 0.3) is 0 Å². The molecule has 0 unspecified atom stereocenters. The maximum Gasteiger partial charge on any atom is 0.258 e. The van der Waals surface area contributed by atoms with Crippen molar-refractivity contribution in [3.8, 4) is 5.75 Å².